The second-order valence-corrected chi connectivity index (χ2v) is 9.94. The van der Waals surface area contributed by atoms with E-state index in [9.17, 15) is 43.2 Å². The maximum atomic E-state index is 13.4. The third-order valence-corrected chi connectivity index (χ3v) is 6.33. The molecule has 154 valence electrons. The molecule has 0 atom stereocenters. The second-order valence-electron chi connectivity index (χ2n) is 5.57. The predicted octanol–water partition coefficient (Wildman–Crippen LogP) is 4.72. The maximum absolute atomic E-state index is 13.4. The Morgan fingerprint density at radius 3 is 1.93 bits per heavy atom. The van der Waals surface area contributed by atoms with Crippen molar-refractivity contribution in [3.8, 4) is 11.1 Å². The summed E-state index contributed by atoms with van der Waals surface area (Å²) in [5, 5.41) is -0.628. The Balaban J connectivity index is 2.98. The average Bonchev–Trinajstić information content (AvgIpc) is 2.50. The molecule has 13 heteroatoms. The first-order chi connectivity index (χ1) is 12.5. The molecule has 0 heterocycles. The molecule has 2 aromatic rings. The Morgan fingerprint density at radius 2 is 1.46 bits per heavy atom. The van der Waals surface area contributed by atoms with Crippen LogP contribution in [0.25, 0.3) is 11.1 Å². The van der Waals surface area contributed by atoms with Crippen LogP contribution in [0.3, 0.4) is 0 Å². The zero-order valence-corrected chi connectivity index (χ0v) is 15.9. The Bertz CT molecular complexity index is 1140. The third-order valence-electron chi connectivity index (χ3n) is 3.51. The molecule has 0 saturated carbocycles. The van der Waals surface area contributed by atoms with Crippen LogP contribution >= 0.6 is 11.6 Å². The molecule has 0 saturated heterocycles. The first-order valence-corrected chi connectivity index (χ1v) is 10.7. The minimum atomic E-state index is -5.94. The molecule has 28 heavy (non-hydrogen) atoms. The number of alkyl halides is 6. The van der Waals surface area contributed by atoms with Crippen LogP contribution in [0.1, 0.15) is 5.56 Å². The number of sulfone groups is 2. The quantitative estimate of drug-likeness (QED) is 0.614. The fourth-order valence-electron chi connectivity index (χ4n) is 2.37. The molecule has 0 aliphatic carbocycles. The molecule has 0 spiro atoms. The molecule has 2 rings (SSSR count). The van der Waals surface area contributed by atoms with Crippen molar-refractivity contribution < 1.29 is 43.2 Å². The van der Waals surface area contributed by atoms with Gasteiger partial charge in [0.25, 0.3) is 9.84 Å². The van der Waals surface area contributed by atoms with Crippen molar-refractivity contribution >= 4 is 31.3 Å². The van der Waals surface area contributed by atoms with Gasteiger partial charge in [0.1, 0.15) is 0 Å². The van der Waals surface area contributed by atoms with Crippen LogP contribution in [0.5, 0.6) is 0 Å². The van der Waals surface area contributed by atoms with Crippen LogP contribution in [0.2, 0.25) is 5.02 Å². The highest BCUT2D eigenvalue weighted by Crippen LogP contribution is 2.42. The molecule has 2 aromatic carbocycles. The molecule has 0 aliphatic heterocycles. The van der Waals surface area contributed by atoms with Crippen LogP contribution in [0.15, 0.2) is 46.2 Å². The van der Waals surface area contributed by atoms with E-state index in [1.807, 2.05) is 0 Å². The predicted molar refractivity (Wildman–Crippen MR) is 88.2 cm³/mol. The summed E-state index contributed by atoms with van der Waals surface area (Å²) < 4.78 is 126. The third kappa shape index (κ3) is 4.28. The summed E-state index contributed by atoms with van der Waals surface area (Å²) in [5.41, 5.74) is -8.96. The zero-order chi connectivity index (χ0) is 21.7. The van der Waals surface area contributed by atoms with Gasteiger partial charge in [-0.3, -0.25) is 0 Å². The van der Waals surface area contributed by atoms with Crippen molar-refractivity contribution in [3.63, 3.8) is 0 Å². The minimum Gasteiger partial charge on any atom is -0.224 e. The molecule has 0 radical (unpaired) electrons. The normalized spacial score (nSPS) is 13.6. The van der Waals surface area contributed by atoms with Gasteiger partial charge < -0.3 is 0 Å². The highest BCUT2D eigenvalue weighted by atomic mass is 35.5. The van der Waals surface area contributed by atoms with Crippen LogP contribution in [0.4, 0.5) is 26.3 Å². The molecular weight excluding hydrogens is 458 g/mol. The van der Waals surface area contributed by atoms with Gasteiger partial charge >= 0.3 is 11.7 Å². The van der Waals surface area contributed by atoms with Crippen molar-refractivity contribution in [1.82, 2.24) is 0 Å². The Kier molecular flexibility index (Phi) is 5.56. The van der Waals surface area contributed by atoms with Gasteiger partial charge in [-0.05, 0) is 35.9 Å². The summed E-state index contributed by atoms with van der Waals surface area (Å²) in [6.45, 7) is 0. The van der Waals surface area contributed by atoms with E-state index in [2.05, 4.69) is 0 Å². The van der Waals surface area contributed by atoms with E-state index in [1.54, 1.807) is 0 Å². The van der Waals surface area contributed by atoms with Crippen molar-refractivity contribution in [2.45, 2.75) is 21.5 Å². The van der Waals surface area contributed by atoms with Gasteiger partial charge in [-0.1, -0.05) is 17.7 Å². The molecule has 0 aliphatic rings. The first kappa shape index (κ1) is 22.5. The molecule has 4 nitrogen and oxygen atoms in total. The van der Waals surface area contributed by atoms with Gasteiger partial charge in [-0.15, -0.1) is 0 Å². The van der Waals surface area contributed by atoms with Crippen molar-refractivity contribution in [3.05, 3.63) is 47.0 Å². The van der Waals surface area contributed by atoms with Crippen molar-refractivity contribution in [1.29, 1.82) is 0 Å². The summed E-state index contributed by atoms with van der Waals surface area (Å²) >= 11 is 5.63. The van der Waals surface area contributed by atoms with Gasteiger partial charge in [0.05, 0.1) is 15.4 Å². The molecule has 0 fully saturated rings. The summed E-state index contributed by atoms with van der Waals surface area (Å²) in [6, 6.07) is 3.59. The average molecular weight is 467 g/mol. The number of halogens is 7. The zero-order valence-electron chi connectivity index (χ0n) is 13.6. The van der Waals surface area contributed by atoms with Gasteiger partial charge in [0.15, 0.2) is 9.84 Å². The van der Waals surface area contributed by atoms with Crippen LogP contribution < -0.4 is 0 Å². The lowest BCUT2D eigenvalue weighted by atomic mass is 9.99. The van der Waals surface area contributed by atoms with Crippen molar-refractivity contribution in [2.24, 2.45) is 0 Å². The number of hydrogen-bond acceptors (Lipinski definition) is 4. The van der Waals surface area contributed by atoms with Gasteiger partial charge in [-0.25, -0.2) is 16.8 Å². The largest absolute Gasteiger partial charge is 0.501 e. The molecule has 0 amide bonds. The lowest BCUT2D eigenvalue weighted by molar-refractivity contribution is -0.137. The van der Waals surface area contributed by atoms with Gasteiger partial charge in [-0.2, -0.15) is 26.3 Å². The van der Waals surface area contributed by atoms with E-state index in [4.69, 9.17) is 11.6 Å². The minimum absolute atomic E-state index is 0.300. The summed E-state index contributed by atoms with van der Waals surface area (Å²) in [6.07, 6.45) is -4.48. The SMILES string of the molecule is CS(=O)(=O)c1cccc(C(F)(F)F)c1-c1cc(Cl)cc(S(=O)(=O)C(F)(F)F)c1. The van der Waals surface area contributed by atoms with Crippen molar-refractivity contribution in [2.75, 3.05) is 6.26 Å². The van der Waals surface area contributed by atoms with E-state index in [-0.39, 0.29) is 0 Å². The highest BCUT2D eigenvalue weighted by Gasteiger charge is 2.47. The van der Waals surface area contributed by atoms with Gasteiger partial charge in [0, 0.05) is 16.8 Å². The van der Waals surface area contributed by atoms with Crippen LogP contribution in [-0.2, 0) is 25.9 Å². The Labute approximate surface area is 160 Å². The number of rotatable bonds is 3. The van der Waals surface area contributed by atoms with E-state index in [0.717, 1.165) is 18.2 Å². The summed E-state index contributed by atoms with van der Waals surface area (Å²) in [7, 11) is -10.2. The molecule has 0 unspecified atom stereocenters. The Morgan fingerprint density at radius 1 is 0.893 bits per heavy atom. The standard InChI is InChI=1S/C15H9ClF6O4S2/c1-27(23,24)12-4-2-3-11(14(17,18)19)13(12)8-5-9(16)7-10(6-8)28(25,26)15(20,21)22/h2-7H,1H3. The lowest BCUT2D eigenvalue weighted by Gasteiger charge is -2.18. The summed E-state index contributed by atoms with van der Waals surface area (Å²) in [4.78, 5) is -2.26. The lowest BCUT2D eigenvalue weighted by Crippen LogP contribution is -2.23. The van der Waals surface area contributed by atoms with Crippen LogP contribution in [0, 0.1) is 0 Å². The van der Waals surface area contributed by atoms with E-state index < -0.39 is 62.9 Å². The van der Waals surface area contributed by atoms with Gasteiger partial charge in [0.2, 0.25) is 0 Å². The first-order valence-electron chi connectivity index (χ1n) is 6.99. The summed E-state index contributed by atoms with van der Waals surface area (Å²) in [5.74, 6) is 0. The number of benzene rings is 2. The van der Waals surface area contributed by atoms with E-state index in [0.29, 0.717) is 24.5 Å². The number of hydrogen-bond donors (Lipinski definition) is 0. The maximum Gasteiger partial charge on any atom is 0.501 e. The molecule has 0 bridgehead atoms. The molecular formula is C15H9ClF6O4S2. The van der Waals surface area contributed by atoms with E-state index in [1.165, 1.54) is 0 Å². The highest BCUT2D eigenvalue weighted by molar-refractivity contribution is 7.92. The molecule has 0 N–H and O–H groups in total. The smallest absolute Gasteiger partial charge is 0.224 e. The Hall–Kier alpha value is -1.79. The van der Waals surface area contributed by atoms with E-state index >= 15 is 0 Å². The monoisotopic (exact) mass is 466 g/mol. The molecule has 0 aromatic heterocycles. The fourth-order valence-corrected chi connectivity index (χ4v) is 4.43. The second kappa shape index (κ2) is 6.92. The van der Waals surface area contributed by atoms with Crippen LogP contribution in [-0.4, -0.2) is 28.6 Å². The fraction of sp³-hybridized carbons (Fsp3) is 0.200. The topological polar surface area (TPSA) is 68.3 Å².